The van der Waals surface area contributed by atoms with Gasteiger partial charge in [-0.2, -0.15) is 0 Å². The number of hydrogen-bond acceptors (Lipinski definition) is 2. The highest BCUT2D eigenvalue weighted by Gasteiger charge is 2.19. The van der Waals surface area contributed by atoms with Gasteiger partial charge in [0.1, 0.15) is 0 Å². The van der Waals surface area contributed by atoms with Gasteiger partial charge in [-0.15, -0.1) is 0 Å². The molecule has 2 rings (SSSR count). The van der Waals surface area contributed by atoms with Gasteiger partial charge in [-0.25, -0.2) is 4.79 Å². The predicted molar refractivity (Wildman–Crippen MR) is 69.5 cm³/mol. The van der Waals surface area contributed by atoms with E-state index in [1.165, 1.54) is 18.6 Å². The molecular weight excluding hydrogens is 261 g/mol. The van der Waals surface area contributed by atoms with Gasteiger partial charge in [-0.3, -0.25) is 0 Å². The van der Waals surface area contributed by atoms with E-state index < -0.39 is 5.97 Å². The van der Waals surface area contributed by atoms with Crippen LogP contribution < -0.4 is 4.90 Å². The van der Waals surface area contributed by atoms with Crippen LogP contribution in [0.15, 0.2) is 12.1 Å². The summed E-state index contributed by atoms with van der Waals surface area (Å²) in [5.74, 6) is -1.01. The van der Waals surface area contributed by atoms with Gasteiger partial charge in [0.25, 0.3) is 0 Å². The molecule has 0 aliphatic carbocycles. The molecule has 0 spiro atoms. The second-order valence-electron chi connectivity index (χ2n) is 4.14. The quantitative estimate of drug-likeness (QED) is 0.894. The Balaban J connectivity index is 2.37. The van der Waals surface area contributed by atoms with Crippen molar-refractivity contribution < 1.29 is 9.90 Å². The van der Waals surface area contributed by atoms with E-state index in [0.29, 0.717) is 10.0 Å². The molecule has 92 valence electrons. The van der Waals surface area contributed by atoms with Gasteiger partial charge in [0, 0.05) is 13.1 Å². The molecule has 1 fully saturated rings. The number of carbonyl (C=O) groups is 1. The third-order valence-electron chi connectivity index (χ3n) is 2.94. The molecule has 17 heavy (non-hydrogen) atoms. The molecule has 1 aromatic carbocycles. The molecule has 1 aromatic rings. The minimum Gasteiger partial charge on any atom is -0.478 e. The Hall–Kier alpha value is -0.930. The fourth-order valence-corrected chi connectivity index (χ4v) is 2.83. The summed E-state index contributed by atoms with van der Waals surface area (Å²) in [6.07, 6.45) is 3.46. The normalized spacial score (nSPS) is 16.0. The topological polar surface area (TPSA) is 40.5 Å². The minimum absolute atomic E-state index is 0.126. The van der Waals surface area contributed by atoms with Gasteiger partial charge in [0.15, 0.2) is 0 Å². The number of carboxylic acids is 1. The zero-order chi connectivity index (χ0) is 12.4. The van der Waals surface area contributed by atoms with E-state index in [1.54, 1.807) is 0 Å². The van der Waals surface area contributed by atoms with Crippen LogP contribution in [0.5, 0.6) is 0 Å². The van der Waals surface area contributed by atoms with Crippen LogP contribution in [0.25, 0.3) is 0 Å². The van der Waals surface area contributed by atoms with Crippen LogP contribution in [0.1, 0.15) is 29.6 Å². The second kappa shape index (κ2) is 5.15. The molecule has 1 saturated heterocycles. The summed E-state index contributed by atoms with van der Waals surface area (Å²) >= 11 is 12.2. The first kappa shape index (κ1) is 12.5. The van der Waals surface area contributed by atoms with Crippen molar-refractivity contribution in [2.45, 2.75) is 19.3 Å². The standard InChI is InChI=1S/C12H13Cl2NO2/c13-9-6-8(12(16)17)7-10(14)11(9)15-4-2-1-3-5-15/h6-7H,1-5H2,(H,16,17). The smallest absolute Gasteiger partial charge is 0.335 e. The molecule has 0 bridgehead atoms. The number of piperidine rings is 1. The van der Waals surface area contributed by atoms with Crippen LogP contribution in [-0.2, 0) is 0 Å². The first-order chi connectivity index (χ1) is 8.09. The molecule has 0 saturated carbocycles. The van der Waals surface area contributed by atoms with Crippen LogP contribution in [0, 0.1) is 0 Å². The Morgan fingerprint density at radius 1 is 1.12 bits per heavy atom. The lowest BCUT2D eigenvalue weighted by atomic mass is 10.1. The van der Waals surface area contributed by atoms with Gasteiger partial charge in [-0.05, 0) is 31.4 Å². The minimum atomic E-state index is -1.01. The van der Waals surface area contributed by atoms with E-state index in [0.717, 1.165) is 31.6 Å². The molecule has 0 amide bonds. The number of aromatic carboxylic acids is 1. The lowest BCUT2D eigenvalue weighted by Crippen LogP contribution is -2.30. The highest BCUT2D eigenvalue weighted by atomic mass is 35.5. The highest BCUT2D eigenvalue weighted by Crippen LogP contribution is 2.36. The van der Waals surface area contributed by atoms with Gasteiger partial charge < -0.3 is 10.0 Å². The van der Waals surface area contributed by atoms with E-state index in [1.807, 2.05) is 0 Å². The monoisotopic (exact) mass is 273 g/mol. The molecule has 0 unspecified atom stereocenters. The molecule has 3 nitrogen and oxygen atoms in total. The van der Waals surface area contributed by atoms with Crippen molar-refractivity contribution in [2.75, 3.05) is 18.0 Å². The highest BCUT2D eigenvalue weighted by molar-refractivity contribution is 6.39. The summed E-state index contributed by atoms with van der Waals surface area (Å²) in [6, 6.07) is 2.92. The molecule has 0 radical (unpaired) electrons. The number of nitrogens with zero attached hydrogens (tertiary/aromatic N) is 1. The van der Waals surface area contributed by atoms with E-state index >= 15 is 0 Å². The van der Waals surface area contributed by atoms with Crippen molar-refractivity contribution in [1.82, 2.24) is 0 Å². The maximum absolute atomic E-state index is 10.9. The Kier molecular flexibility index (Phi) is 3.79. The van der Waals surface area contributed by atoms with Crippen molar-refractivity contribution in [3.8, 4) is 0 Å². The molecule has 5 heteroatoms. The van der Waals surface area contributed by atoms with Crippen molar-refractivity contribution in [2.24, 2.45) is 0 Å². The third kappa shape index (κ3) is 2.67. The number of rotatable bonds is 2. The first-order valence-electron chi connectivity index (χ1n) is 5.57. The molecule has 1 aliphatic heterocycles. The summed E-state index contributed by atoms with van der Waals surface area (Å²) in [7, 11) is 0. The molecular formula is C12H13Cl2NO2. The van der Waals surface area contributed by atoms with E-state index in [2.05, 4.69) is 4.90 Å². The van der Waals surface area contributed by atoms with Gasteiger partial charge >= 0.3 is 5.97 Å². The Labute approximate surface area is 110 Å². The van der Waals surface area contributed by atoms with Crippen molar-refractivity contribution in [3.05, 3.63) is 27.7 Å². The summed E-state index contributed by atoms with van der Waals surface area (Å²) < 4.78 is 0. The van der Waals surface area contributed by atoms with E-state index in [9.17, 15) is 4.79 Å². The number of halogens is 2. The summed E-state index contributed by atoms with van der Waals surface area (Å²) in [4.78, 5) is 13.0. The zero-order valence-corrected chi connectivity index (χ0v) is 10.8. The first-order valence-corrected chi connectivity index (χ1v) is 6.32. The summed E-state index contributed by atoms with van der Waals surface area (Å²) in [5, 5.41) is 9.73. The summed E-state index contributed by atoms with van der Waals surface area (Å²) in [6.45, 7) is 1.84. The molecule has 0 atom stereocenters. The van der Waals surface area contributed by atoms with Crippen molar-refractivity contribution in [3.63, 3.8) is 0 Å². The average molecular weight is 274 g/mol. The Morgan fingerprint density at radius 3 is 2.12 bits per heavy atom. The Morgan fingerprint density at radius 2 is 1.65 bits per heavy atom. The Bertz CT molecular complexity index is 419. The molecule has 0 aromatic heterocycles. The zero-order valence-electron chi connectivity index (χ0n) is 9.25. The fraction of sp³-hybridized carbons (Fsp3) is 0.417. The van der Waals surface area contributed by atoms with Gasteiger partial charge in [0.2, 0.25) is 0 Å². The number of hydrogen-bond donors (Lipinski definition) is 1. The summed E-state index contributed by atoms with van der Waals surface area (Å²) in [5.41, 5.74) is 0.888. The van der Waals surface area contributed by atoms with Crippen LogP contribution in [0.4, 0.5) is 5.69 Å². The molecule has 1 heterocycles. The second-order valence-corrected chi connectivity index (χ2v) is 4.96. The predicted octanol–water partition coefficient (Wildman–Crippen LogP) is 3.68. The van der Waals surface area contributed by atoms with Crippen molar-refractivity contribution >= 4 is 34.9 Å². The SMILES string of the molecule is O=C(O)c1cc(Cl)c(N2CCCCC2)c(Cl)c1. The van der Waals surface area contributed by atoms with Gasteiger partial charge in [0.05, 0.1) is 21.3 Å². The lowest BCUT2D eigenvalue weighted by Gasteiger charge is -2.30. The molecule has 1 N–H and O–H groups in total. The maximum Gasteiger partial charge on any atom is 0.335 e. The number of benzene rings is 1. The van der Waals surface area contributed by atoms with Crippen LogP contribution >= 0.6 is 23.2 Å². The third-order valence-corrected chi connectivity index (χ3v) is 3.51. The maximum atomic E-state index is 10.9. The fourth-order valence-electron chi connectivity index (χ4n) is 2.11. The van der Waals surface area contributed by atoms with Crippen LogP contribution in [0.2, 0.25) is 10.0 Å². The number of anilines is 1. The van der Waals surface area contributed by atoms with Crippen molar-refractivity contribution in [1.29, 1.82) is 0 Å². The largest absolute Gasteiger partial charge is 0.478 e. The number of carboxylic acid groups (broad SMARTS) is 1. The van der Waals surface area contributed by atoms with Crippen LogP contribution in [-0.4, -0.2) is 24.2 Å². The van der Waals surface area contributed by atoms with E-state index in [-0.39, 0.29) is 5.56 Å². The lowest BCUT2D eigenvalue weighted by molar-refractivity contribution is 0.0697. The van der Waals surface area contributed by atoms with E-state index in [4.69, 9.17) is 28.3 Å². The van der Waals surface area contributed by atoms with Gasteiger partial charge in [-0.1, -0.05) is 23.2 Å². The van der Waals surface area contributed by atoms with Crippen LogP contribution in [0.3, 0.4) is 0 Å². The average Bonchev–Trinajstić information content (AvgIpc) is 2.29. The molecule has 1 aliphatic rings.